The maximum absolute atomic E-state index is 12.8. The van der Waals surface area contributed by atoms with Crippen LogP contribution in [-0.4, -0.2) is 34.4 Å². The zero-order chi connectivity index (χ0) is 16.3. The predicted octanol–water partition coefficient (Wildman–Crippen LogP) is 3.06. The lowest BCUT2D eigenvalue weighted by atomic mass is 9.85. The van der Waals surface area contributed by atoms with Crippen molar-refractivity contribution >= 4 is 11.5 Å². The summed E-state index contributed by atoms with van der Waals surface area (Å²) in [6.07, 6.45) is 8.04. The van der Waals surface area contributed by atoms with Gasteiger partial charge in [0, 0.05) is 24.1 Å². The van der Waals surface area contributed by atoms with Crippen molar-refractivity contribution < 1.29 is 9.72 Å². The van der Waals surface area contributed by atoms with Gasteiger partial charge in [0.2, 0.25) is 0 Å². The number of hydrogen-bond donors (Lipinski definition) is 0. The lowest BCUT2D eigenvalue weighted by Gasteiger charge is -2.32. The minimum atomic E-state index is -1.64. The number of allylic oxidation sites excluding steroid dienone is 2. The van der Waals surface area contributed by atoms with Gasteiger partial charge >= 0.3 is 11.4 Å². The first kappa shape index (κ1) is 15.5. The summed E-state index contributed by atoms with van der Waals surface area (Å²) in [4.78, 5) is 25.7. The van der Waals surface area contributed by atoms with Gasteiger partial charge in [-0.1, -0.05) is 42.5 Å². The molecule has 120 valence electrons. The molecule has 1 aliphatic carbocycles. The third-order valence-electron chi connectivity index (χ3n) is 4.62. The Morgan fingerprint density at radius 3 is 2.39 bits per heavy atom. The molecule has 1 amide bonds. The number of likely N-dealkylation sites (tertiary alicyclic amines) is 1. The van der Waals surface area contributed by atoms with Crippen molar-refractivity contribution in [2.75, 3.05) is 13.1 Å². The standard InChI is InChI=1S/C18H20N2O3/c21-17(19-13-5-2-6-14-19)18(20(22)23)11-9-16(10-12-18)15-7-3-1-4-8-15/h1,3-4,7-11H,2,5-6,12-14H2. The van der Waals surface area contributed by atoms with E-state index in [2.05, 4.69) is 0 Å². The van der Waals surface area contributed by atoms with Crippen LogP contribution in [0.4, 0.5) is 0 Å². The van der Waals surface area contributed by atoms with E-state index in [4.69, 9.17) is 0 Å². The van der Waals surface area contributed by atoms with Crippen molar-refractivity contribution in [2.45, 2.75) is 31.2 Å². The first-order valence-electron chi connectivity index (χ1n) is 8.02. The van der Waals surface area contributed by atoms with Gasteiger partial charge in [-0.3, -0.25) is 14.9 Å². The zero-order valence-corrected chi connectivity index (χ0v) is 13.0. The number of amides is 1. The summed E-state index contributed by atoms with van der Waals surface area (Å²) in [6.45, 7) is 1.25. The van der Waals surface area contributed by atoms with Gasteiger partial charge < -0.3 is 4.90 Å². The number of hydrogen-bond acceptors (Lipinski definition) is 3. The molecule has 5 nitrogen and oxygen atoms in total. The van der Waals surface area contributed by atoms with Crippen molar-refractivity contribution in [3.05, 3.63) is 64.2 Å². The number of carbonyl (C=O) groups excluding carboxylic acids is 1. The molecule has 0 bridgehead atoms. The molecule has 1 aliphatic heterocycles. The number of carbonyl (C=O) groups is 1. The molecule has 0 N–H and O–H groups in total. The second kappa shape index (κ2) is 6.36. The molecule has 1 aromatic rings. The summed E-state index contributed by atoms with van der Waals surface area (Å²) >= 11 is 0. The molecule has 2 aliphatic rings. The third-order valence-corrected chi connectivity index (χ3v) is 4.62. The monoisotopic (exact) mass is 312 g/mol. The van der Waals surface area contributed by atoms with E-state index >= 15 is 0 Å². The molecule has 0 aromatic heterocycles. The average Bonchev–Trinajstić information content (AvgIpc) is 2.62. The number of nitro groups is 1. The highest BCUT2D eigenvalue weighted by molar-refractivity contribution is 5.90. The highest BCUT2D eigenvalue weighted by atomic mass is 16.6. The van der Waals surface area contributed by atoms with E-state index in [0.717, 1.165) is 30.4 Å². The Morgan fingerprint density at radius 1 is 1.13 bits per heavy atom. The molecule has 1 unspecified atom stereocenters. The maximum Gasteiger partial charge on any atom is 0.320 e. The van der Waals surface area contributed by atoms with E-state index in [1.54, 1.807) is 17.1 Å². The lowest BCUT2D eigenvalue weighted by Crippen LogP contribution is -2.54. The van der Waals surface area contributed by atoms with Crippen LogP contribution in [-0.2, 0) is 4.79 Å². The fourth-order valence-corrected chi connectivity index (χ4v) is 3.22. The second-order valence-corrected chi connectivity index (χ2v) is 6.10. The van der Waals surface area contributed by atoms with Gasteiger partial charge in [-0.2, -0.15) is 0 Å². The first-order chi connectivity index (χ1) is 11.1. The third kappa shape index (κ3) is 2.91. The van der Waals surface area contributed by atoms with Gasteiger partial charge in [-0.05, 0) is 30.4 Å². The van der Waals surface area contributed by atoms with Gasteiger partial charge in [-0.15, -0.1) is 0 Å². The molecule has 0 spiro atoms. The van der Waals surface area contributed by atoms with E-state index in [1.807, 2.05) is 30.3 Å². The molecule has 3 rings (SSSR count). The Kier molecular flexibility index (Phi) is 4.28. The van der Waals surface area contributed by atoms with Crippen LogP contribution in [0.25, 0.3) is 5.57 Å². The van der Waals surface area contributed by atoms with Crippen LogP contribution in [0.1, 0.15) is 31.2 Å². The largest absolute Gasteiger partial charge is 0.336 e. The summed E-state index contributed by atoms with van der Waals surface area (Å²) in [5.41, 5.74) is 0.288. The quantitative estimate of drug-likeness (QED) is 0.636. The fraction of sp³-hybridized carbons (Fsp3) is 0.389. The summed E-state index contributed by atoms with van der Waals surface area (Å²) in [7, 11) is 0. The normalized spacial score (nSPS) is 24.2. The van der Waals surface area contributed by atoms with Crippen LogP contribution in [0.2, 0.25) is 0 Å². The number of rotatable bonds is 3. The van der Waals surface area contributed by atoms with Crippen molar-refractivity contribution in [1.29, 1.82) is 0 Å². The number of piperidine rings is 1. The molecular formula is C18H20N2O3. The van der Waals surface area contributed by atoms with Crippen LogP contribution in [0.3, 0.4) is 0 Å². The Morgan fingerprint density at radius 2 is 1.83 bits per heavy atom. The number of nitrogens with zero attached hydrogens (tertiary/aromatic N) is 2. The molecule has 1 saturated heterocycles. The average molecular weight is 312 g/mol. The van der Waals surface area contributed by atoms with Crippen LogP contribution in [0, 0.1) is 10.1 Å². The van der Waals surface area contributed by atoms with E-state index in [-0.39, 0.29) is 12.3 Å². The Balaban J connectivity index is 1.84. The molecule has 0 radical (unpaired) electrons. The molecule has 23 heavy (non-hydrogen) atoms. The summed E-state index contributed by atoms with van der Waals surface area (Å²) in [5, 5.41) is 11.7. The summed E-state index contributed by atoms with van der Waals surface area (Å²) in [5.74, 6) is -0.373. The first-order valence-corrected chi connectivity index (χ1v) is 8.02. The van der Waals surface area contributed by atoms with Gasteiger partial charge in [0.15, 0.2) is 0 Å². The summed E-state index contributed by atoms with van der Waals surface area (Å²) < 4.78 is 0. The lowest BCUT2D eigenvalue weighted by molar-refractivity contribution is -0.539. The van der Waals surface area contributed by atoms with Crippen LogP contribution in [0.5, 0.6) is 0 Å². The van der Waals surface area contributed by atoms with Gasteiger partial charge in [-0.25, -0.2) is 0 Å². The van der Waals surface area contributed by atoms with E-state index in [1.165, 1.54) is 6.08 Å². The van der Waals surface area contributed by atoms with Gasteiger partial charge in [0.1, 0.15) is 0 Å². The summed E-state index contributed by atoms with van der Waals surface area (Å²) in [6, 6.07) is 9.71. The molecular weight excluding hydrogens is 292 g/mol. The van der Waals surface area contributed by atoms with Crippen molar-refractivity contribution in [1.82, 2.24) is 4.90 Å². The maximum atomic E-state index is 12.8. The minimum absolute atomic E-state index is 0.107. The number of benzene rings is 1. The molecule has 5 heteroatoms. The highest BCUT2D eigenvalue weighted by Crippen LogP contribution is 2.31. The zero-order valence-electron chi connectivity index (χ0n) is 13.0. The van der Waals surface area contributed by atoms with Gasteiger partial charge in [0.05, 0.1) is 6.42 Å². The second-order valence-electron chi connectivity index (χ2n) is 6.10. The smallest absolute Gasteiger partial charge is 0.320 e. The molecule has 1 aromatic carbocycles. The van der Waals surface area contributed by atoms with Crippen molar-refractivity contribution in [3.8, 4) is 0 Å². The predicted molar refractivity (Wildman–Crippen MR) is 88.3 cm³/mol. The molecule has 1 heterocycles. The SMILES string of the molecule is O=C(N1CCCCC1)C1([N+](=O)[O-])C=CC(c2ccccc2)=CC1. The topological polar surface area (TPSA) is 63.5 Å². The fourth-order valence-electron chi connectivity index (χ4n) is 3.22. The van der Waals surface area contributed by atoms with Crippen molar-refractivity contribution in [3.63, 3.8) is 0 Å². The molecule has 1 fully saturated rings. The molecule has 1 atom stereocenters. The Bertz CT molecular complexity index is 660. The highest BCUT2D eigenvalue weighted by Gasteiger charge is 2.51. The van der Waals surface area contributed by atoms with Gasteiger partial charge in [0.25, 0.3) is 0 Å². The Hall–Kier alpha value is -2.43. The van der Waals surface area contributed by atoms with Crippen LogP contribution < -0.4 is 0 Å². The van der Waals surface area contributed by atoms with Crippen LogP contribution >= 0.6 is 0 Å². The Labute approximate surface area is 135 Å². The van der Waals surface area contributed by atoms with Crippen molar-refractivity contribution in [2.24, 2.45) is 0 Å². The van der Waals surface area contributed by atoms with E-state index < -0.39 is 10.5 Å². The minimum Gasteiger partial charge on any atom is -0.336 e. The van der Waals surface area contributed by atoms with Crippen LogP contribution in [0.15, 0.2) is 48.6 Å². The van der Waals surface area contributed by atoms with E-state index in [0.29, 0.717) is 13.1 Å². The van der Waals surface area contributed by atoms with E-state index in [9.17, 15) is 14.9 Å². The molecule has 0 saturated carbocycles.